The summed E-state index contributed by atoms with van der Waals surface area (Å²) in [5, 5.41) is 2.84. The Kier molecular flexibility index (Phi) is 3.86. The molecule has 0 spiro atoms. The van der Waals surface area contributed by atoms with Gasteiger partial charge in [-0.1, -0.05) is 26.0 Å². The SMILES string of the molecule is CC(C)C(=O)Nc1cccc(C(C)N)c1. The summed E-state index contributed by atoms with van der Waals surface area (Å²) in [5.74, 6) is 0.0146. The highest BCUT2D eigenvalue weighted by Gasteiger charge is 2.07. The van der Waals surface area contributed by atoms with Crippen molar-refractivity contribution in [1.29, 1.82) is 0 Å². The molecule has 0 aliphatic rings. The van der Waals surface area contributed by atoms with Crippen LogP contribution in [0.4, 0.5) is 5.69 Å². The first-order valence-corrected chi connectivity index (χ1v) is 5.17. The van der Waals surface area contributed by atoms with Gasteiger partial charge < -0.3 is 11.1 Å². The Balaban J connectivity index is 2.78. The summed E-state index contributed by atoms with van der Waals surface area (Å²) in [6, 6.07) is 7.61. The zero-order chi connectivity index (χ0) is 11.4. The van der Waals surface area contributed by atoms with Crippen molar-refractivity contribution in [3.8, 4) is 0 Å². The molecule has 1 aromatic carbocycles. The van der Waals surface area contributed by atoms with Crippen LogP contribution in [0.2, 0.25) is 0 Å². The van der Waals surface area contributed by atoms with E-state index in [1.807, 2.05) is 45.0 Å². The second-order valence-corrected chi connectivity index (χ2v) is 4.06. The van der Waals surface area contributed by atoms with E-state index in [0.29, 0.717) is 0 Å². The Morgan fingerprint density at radius 1 is 1.33 bits per heavy atom. The Labute approximate surface area is 90.7 Å². The third-order valence-electron chi connectivity index (χ3n) is 2.20. The molecule has 1 rings (SSSR count). The predicted molar refractivity (Wildman–Crippen MR) is 62.5 cm³/mol. The number of hydrogen-bond acceptors (Lipinski definition) is 2. The van der Waals surface area contributed by atoms with Crippen LogP contribution in [0.15, 0.2) is 24.3 Å². The average Bonchev–Trinajstić information content (AvgIpc) is 2.18. The maximum atomic E-state index is 11.5. The quantitative estimate of drug-likeness (QED) is 0.797. The fraction of sp³-hybridized carbons (Fsp3) is 0.417. The zero-order valence-corrected chi connectivity index (χ0v) is 9.45. The highest BCUT2D eigenvalue weighted by atomic mass is 16.1. The summed E-state index contributed by atoms with van der Waals surface area (Å²) in [6.45, 7) is 5.65. The van der Waals surface area contributed by atoms with Gasteiger partial charge in [-0.3, -0.25) is 4.79 Å². The normalized spacial score (nSPS) is 12.6. The minimum Gasteiger partial charge on any atom is -0.326 e. The lowest BCUT2D eigenvalue weighted by atomic mass is 10.1. The molecular weight excluding hydrogens is 188 g/mol. The molecular formula is C12H18N2O. The van der Waals surface area contributed by atoms with Crippen molar-refractivity contribution in [3.63, 3.8) is 0 Å². The van der Waals surface area contributed by atoms with E-state index in [4.69, 9.17) is 5.73 Å². The summed E-state index contributed by atoms with van der Waals surface area (Å²) in [4.78, 5) is 11.5. The molecule has 0 aliphatic heterocycles. The lowest BCUT2D eigenvalue weighted by Crippen LogP contribution is -2.18. The molecule has 3 heteroatoms. The first-order chi connectivity index (χ1) is 7.00. The number of nitrogens with two attached hydrogens (primary N) is 1. The molecule has 0 saturated carbocycles. The van der Waals surface area contributed by atoms with Crippen LogP contribution in [0.3, 0.4) is 0 Å². The standard InChI is InChI=1S/C12H18N2O/c1-8(2)12(15)14-11-6-4-5-10(7-11)9(3)13/h4-9H,13H2,1-3H3,(H,14,15). The summed E-state index contributed by atoms with van der Waals surface area (Å²) in [5.41, 5.74) is 7.59. The lowest BCUT2D eigenvalue weighted by Gasteiger charge is -2.10. The van der Waals surface area contributed by atoms with Gasteiger partial charge in [-0.05, 0) is 24.6 Å². The summed E-state index contributed by atoms with van der Waals surface area (Å²) in [6.07, 6.45) is 0. The van der Waals surface area contributed by atoms with Gasteiger partial charge in [0.2, 0.25) is 5.91 Å². The molecule has 0 aromatic heterocycles. The summed E-state index contributed by atoms with van der Waals surface area (Å²) >= 11 is 0. The first-order valence-electron chi connectivity index (χ1n) is 5.17. The molecule has 0 saturated heterocycles. The molecule has 3 nitrogen and oxygen atoms in total. The van der Waals surface area contributed by atoms with E-state index in [2.05, 4.69) is 5.32 Å². The van der Waals surface area contributed by atoms with Crippen LogP contribution >= 0.6 is 0 Å². The molecule has 15 heavy (non-hydrogen) atoms. The fourth-order valence-electron chi connectivity index (χ4n) is 1.19. The molecule has 1 atom stereocenters. The number of amides is 1. The minimum absolute atomic E-state index is 0.0102. The van der Waals surface area contributed by atoms with Crippen molar-refractivity contribution in [3.05, 3.63) is 29.8 Å². The van der Waals surface area contributed by atoms with Crippen LogP contribution in [0.1, 0.15) is 32.4 Å². The number of benzene rings is 1. The van der Waals surface area contributed by atoms with E-state index < -0.39 is 0 Å². The maximum absolute atomic E-state index is 11.5. The molecule has 1 unspecified atom stereocenters. The Morgan fingerprint density at radius 3 is 2.53 bits per heavy atom. The van der Waals surface area contributed by atoms with Gasteiger partial charge in [-0.25, -0.2) is 0 Å². The monoisotopic (exact) mass is 206 g/mol. The summed E-state index contributed by atoms with van der Waals surface area (Å²) < 4.78 is 0. The number of nitrogens with one attached hydrogen (secondary N) is 1. The van der Waals surface area contributed by atoms with Crippen molar-refractivity contribution in [1.82, 2.24) is 0 Å². The molecule has 3 N–H and O–H groups in total. The van der Waals surface area contributed by atoms with Crippen LogP contribution in [0.25, 0.3) is 0 Å². The average molecular weight is 206 g/mol. The van der Waals surface area contributed by atoms with Gasteiger partial charge in [0, 0.05) is 17.6 Å². The lowest BCUT2D eigenvalue weighted by molar-refractivity contribution is -0.118. The van der Waals surface area contributed by atoms with Gasteiger partial charge >= 0.3 is 0 Å². The van der Waals surface area contributed by atoms with Crippen molar-refractivity contribution in [2.24, 2.45) is 11.7 Å². The number of anilines is 1. The van der Waals surface area contributed by atoms with E-state index in [9.17, 15) is 4.79 Å². The van der Waals surface area contributed by atoms with Gasteiger partial charge in [0.15, 0.2) is 0 Å². The largest absolute Gasteiger partial charge is 0.326 e. The van der Waals surface area contributed by atoms with E-state index in [-0.39, 0.29) is 17.9 Å². The molecule has 0 radical (unpaired) electrons. The Morgan fingerprint density at radius 2 is 2.00 bits per heavy atom. The highest BCUT2D eigenvalue weighted by Crippen LogP contribution is 2.16. The predicted octanol–water partition coefficient (Wildman–Crippen LogP) is 2.30. The third kappa shape index (κ3) is 3.36. The van der Waals surface area contributed by atoms with Crippen LogP contribution in [0.5, 0.6) is 0 Å². The third-order valence-corrected chi connectivity index (χ3v) is 2.20. The van der Waals surface area contributed by atoms with Crippen LogP contribution < -0.4 is 11.1 Å². The van der Waals surface area contributed by atoms with E-state index in [0.717, 1.165) is 11.3 Å². The van der Waals surface area contributed by atoms with E-state index in [1.165, 1.54) is 0 Å². The van der Waals surface area contributed by atoms with Crippen LogP contribution in [0, 0.1) is 5.92 Å². The highest BCUT2D eigenvalue weighted by molar-refractivity contribution is 5.92. The van der Waals surface area contributed by atoms with Crippen LogP contribution in [-0.2, 0) is 4.79 Å². The zero-order valence-electron chi connectivity index (χ0n) is 9.45. The number of rotatable bonds is 3. The van der Waals surface area contributed by atoms with Crippen LogP contribution in [-0.4, -0.2) is 5.91 Å². The van der Waals surface area contributed by atoms with Gasteiger partial charge in [0.05, 0.1) is 0 Å². The summed E-state index contributed by atoms with van der Waals surface area (Å²) in [7, 11) is 0. The molecule has 1 aromatic rings. The number of carbonyl (C=O) groups is 1. The molecule has 0 fully saturated rings. The molecule has 0 bridgehead atoms. The molecule has 0 aliphatic carbocycles. The van der Waals surface area contributed by atoms with Gasteiger partial charge in [0.1, 0.15) is 0 Å². The van der Waals surface area contributed by atoms with Crippen molar-refractivity contribution >= 4 is 11.6 Å². The Hall–Kier alpha value is -1.35. The van der Waals surface area contributed by atoms with E-state index >= 15 is 0 Å². The van der Waals surface area contributed by atoms with Gasteiger partial charge in [-0.15, -0.1) is 0 Å². The maximum Gasteiger partial charge on any atom is 0.226 e. The Bertz CT molecular complexity index is 345. The number of carbonyl (C=O) groups excluding carboxylic acids is 1. The smallest absolute Gasteiger partial charge is 0.226 e. The second-order valence-electron chi connectivity index (χ2n) is 4.06. The van der Waals surface area contributed by atoms with Crippen molar-refractivity contribution in [2.45, 2.75) is 26.8 Å². The second kappa shape index (κ2) is 4.94. The first kappa shape index (κ1) is 11.7. The molecule has 0 heterocycles. The van der Waals surface area contributed by atoms with Crippen molar-refractivity contribution in [2.75, 3.05) is 5.32 Å². The van der Waals surface area contributed by atoms with Crippen molar-refractivity contribution < 1.29 is 4.79 Å². The topological polar surface area (TPSA) is 55.1 Å². The molecule has 82 valence electrons. The van der Waals surface area contributed by atoms with E-state index in [1.54, 1.807) is 0 Å². The van der Waals surface area contributed by atoms with Gasteiger partial charge in [0.25, 0.3) is 0 Å². The number of hydrogen-bond donors (Lipinski definition) is 2. The minimum atomic E-state index is -0.0131. The fourth-order valence-corrected chi connectivity index (χ4v) is 1.19. The molecule has 1 amide bonds. The van der Waals surface area contributed by atoms with Gasteiger partial charge in [-0.2, -0.15) is 0 Å².